The van der Waals surface area contributed by atoms with Gasteiger partial charge in [-0.25, -0.2) is 4.79 Å². The van der Waals surface area contributed by atoms with Crippen molar-refractivity contribution in [3.05, 3.63) is 41.0 Å². The summed E-state index contributed by atoms with van der Waals surface area (Å²) in [5.74, 6) is 2.90. The summed E-state index contributed by atoms with van der Waals surface area (Å²) in [5.41, 5.74) is 2.31. The van der Waals surface area contributed by atoms with Crippen molar-refractivity contribution in [2.75, 3.05) is 19.7 Å². The van der Waals surface area contributed by atoms with E-state index in [0.717, 1.165) is 35.9 Å². The van der Waals surface area contributed by atoms with Crippen molar-refractivity contribution in [2.45, 2.75) is 52.5 Å². The summed E-state index contributed by atoms with van der Waals surface area (Å²) < 4.78 is 7.93. The van der Waals surface area contributed by atoms with Crippen LogP contribution in [0.4, 0.5) is 4.79 Å². The molecule has 27 heavy (non-hydrogen) atoms. The molecule has 1 aromatic carbocycles. The summed E-state index contributed by atoms with van der Waals surface area (Å²) in [4.78, 5) is 11.9. The molecule has 7 nitrogen and oxygen atoms in total. The predicted octanol–water partition coefficient (Wildman–Crippen LogP) is 2.54. The Morgan fingerprint density at radius 3 is 2.85 bits per heavy atom. The smallest absolute Gasteiger partial charge is 0.314 e. The standard InChI is InChI=1S/C20H29N5O2/c1-15-7-8-17(16(2)14-15)27-13-11-22-20(26)21-10-9-19-24-23-18-6-4-3-5-12-25(18)19/h7-8,14H,3-6,9-13H2,1-2H3,(H2,21,22,26). The second-order valence-corrected chi connectivity index (χ2v) is 7.04. The molecule has 0 aliphatic carbocycles. The lowest BCUT2D eigenvalue weighted by molar-refractivity contribution is 0.236. The molecule has 0 saturated heterocycles. The molecule has 1 aliphatic heterocycles. The molecule has 2 heterocycles. The molecule has 0 saturated carbocycles. The van der Waals surface area contributed by atoms with E-state index in [1.807, 2.05) is 19.1 Å². The lowest BCUT2D eigenvalue weighted by atomic mass is 10.1. The first kappa shape index (κ1) is 19.2. The van der Waals surface area contributed by atoms with E-state index in [4.69, 9.17) is 4.74 Å². The molecule has 0 radical (unpaired) electrons. The van der Waals surface area contributed by atoms with Gasteiger partial charge in [0.05, 0.1) is 6.54 Å². The number of nitrogens with zero attached hydrogens (tertiary/aromatic N) is 3. The number of ether oxygens (including phenoxy) is 1. The summed E-state index contributed by atoms with van der Waals surface area (Å²) >= 11 is 0. The summed E-state index contributed by atoms with van der Waals surface area (Å²) in [6.45, 7) is 6.50. The summed E-state index contributed by atoms with van der Waals surface area (Å²) in [6.07, 6.45) is 5.30. The average molecular weight is 371 g/mol. The second kappa shape index (κ2) is 9.39. The Labute approximate surface area is 160 Å². The van der Waals surface area contributed by atoms with E-state index < -0.39 is 0 Å². The molecule has 0 spiro atoms. The van der Waals surface area contributed by atoms with Crippen molar-refractivity contribution in [1.82, 2.24) is 25.4 Å². The second-order valence-electron chi connectivity index (χ2n) is 7.04. The third-order valence-electron chi connectivity index (χ3n) is 4.80. The van der Waals surface area contributed by atoms with Crippen molar-refractivity contribution in [2.24, 2.45) is 0 Å². The van der Waals surface area contributed by atoms with Crippen LogP contribution in [-0.4, -0.2) is 40.5 Å². The number of benzene rings is 1. The van der Waals surface area contributed by atoms with Gasteiger partial charge in [0.15, 0.2) is 0 Å². The van der Waals surface area contributed by atoms with Crippen LogP contribution in [0.2, 0.25) is 0 Å². The van der Waals surface area contributed by atoms with Gasteiger partial charge in [-0.1, -0.05) is 24.1 Å². The predicted molar refractivity (Wildman–Crippen MR) is 104 cm³/mol. The molecular weight excluding hydrogens is 342 g/mol. The molecule has 1 aliphatic rings. The third kappa shape index (κ3) is 5.45. The lowest BCUT2D eigenvalue weighted by Gasteiger charge is -2.11. The Morgan fingerprint density at radius 1 is 1.15 bits per heavy atom. The number of hydrogen-bond donors (Lipinski definition) is 2. The quantitative estimate of drug-likeness (QED) is 0.733. The average Bonchev–Trinajstić information content (AvgIpc) is 2.87. The van der Waals surface area contributed by atoms with Crippen LogP contribution in [0, 0.1) is 13.8 Å². The number of rotatable bonds is 7. The number of urea groups is 1. The fraction of sp³-hybridized carbons (Fsp3) is 0.550. The third-order valence-corrected chi connectivity index (χ3v) is 4.80. The fourth-order valence-electron chi connectivity index (χ4n) is 3.37. The molecule has 2 aromatic rings. The van der Waals surface area contributed by atoms with Gasteiger partial charge in [-0.2, -0.15) is 0 Å². The Balaban J connectivity index is 1.34. The Hall–Kier alpha value is -2.57. The largest absolute Gasteiger partial charge is 0.491 e. The Kier molecular flexibility index (Phi) is 6.68. The van der Waals surface area contributed by atoms with Gasteiger partial charge in [0.1, 0.15) is 24.0 Å². The minimum atomic E-state index is -0.185. The van der Waals surface area contributed by atoms with Crippen molar-refractivity contribution < 1.29 is 9.53 Å². The number of fused-ring (bicyclic) bond motifs is 1. The van der Waals surface area contributed by atoms with Crippen molar-refractivity contribution in [3.8, 4) is 5.75 Å². The van der Waals surface area contributed by atoms with Crippen LogP contribution in [0.25, 0.3) is 0 Å². The topological polar surface area (TPSA) is 81.1 Å². The zero-order valence-corrected chi connectivity index (χ0v) is 16.3. The molecular formula is C20H29N5O2. The van der Waals surface area contributed by atoms with Crippen molar-refractivity contribution >= 4 is 6.03 Å². The van der Waals surface area contributed by atoms with E-state index >= 15 is 0 Å². The van der Waals surface area contributed by atoms with E-state index in [1.165, 1.54) is 24.8 Å². The van der Waals surface area contributed by atoms with E-state index in [-0.39, 0.29) is 6.03 Å². The van der Waals surface area contributed by atoms with Gasteiger partial charge in [0, 0.05) is 25.9 Å². The monoisotopic (exact) mass is 371 g/mol. The molecule has 2 N–H and O–H groups in total. The molecule has 3 rings (SSSR count). The normalized spacial score (nSPS) is 13.6. The highest BCUT2D eigenvalue weighted by atomic mass is 16.5. The summed E-state index contributed by atoms with van der Waals surface area (Å²) in [7, 11) is 0. The summed E-state index contributed by atoms with van der Waals surface area (Å²) in [6, 6.07) is 5.88. The van der Waals surface area contributed by atoms with Gasteiger partial charge >= 0.3 is 6.03 Å². The highest BCUT2D eigenvalue weighted by Gasteiger charge is 2.14. The number of carbonyl (C=O) groups excluding carboxylic acids is 1. The highest BCUT2D eigenvalue weighted by molar-refractivity contribution is 5.73. The number of hydrogen-bond acceptors (Lipinski definition) is 4. The maximum Gasteiger partial charge on any atom is 0.314 e. The number of nitrogens with one attached hydrogen (secondary N) is 2. The molecule has 7 heteroatoms. The molecule has 0 fully saturated rings. The summed E-state index contributed by atoms with van der Waals surface area (Å²) in [5, 5.41) is 14.3. The van der Waals surface area contributed by atoms with E-state index in [2.05, 4.69) is 38.4 Å². The van der Waals surface area contributed by atoms with Gasteiger partial charge in [0.2, 0.25) is 0 Å². The Morgan fingerprint density at radius 2 is 2.00 bits per heavy atom. The maximum absolute atomic E-state index is 11.9. The van der Waals surface area contributed by atoms with Gasteiger partial charge in [-0.05, 0) is 38.3 Å². The van der Waals surface area contributed by atoms with Crippen LogP contribution in [0.3, 0.4) is 0 Å². The number of carbonyl (C=O) groups is 1. The molecule has 1 aromatic heterocycles. The minimum absolute atomic E-state index is 0.185. The first-order valence-corrected chi connectivity index (χ1v) is 9.76. The van der Waals surface area contributed by atoms with Gasteiger partial charge in [0.25, 0.3) is 0 Å². The first-order valence-electron chi connectivity index (χ1n) is 9.76. The van der Waals surface area contributed by atoms with Crippen LogP contribution < -0.4 is 15.4 Å². The molecule has 146 valence electrons. The molecule has 0 unspecified atom stereocenters. The number of amides is 2. The van der Waals surface area contributed by atoms with Crippen molar-refractivity contribution in [1.29, 1.82) is 0 Å². The number of aryl methyl sites for hydroxylation is 3. The van der Waals surface area contributed by atoms with Gasteiger partial charge < -0.3 is 19.9 Å². The van der Waals surface area contributed by atoms with E-state index in [1.54, 1.807) is 0 Å². The van der Waals surface area contributed by atoms with Crippen molar-refractivity contribution in [3.63, 3.8) is 0 Å². The molecule has 0 atom stereocenters. The number of aromatic nitrogens is 3. The Bertz CT molecular complexity index is 772. The lowest BCUT2D eigenvalue weighted by Crippen LogP contribution is -2.38. The van der Waals surface area contributed by atoms with Crippen LogP contribution in [0.15, 0.2) is 18.2 Å². The fourth-order valence-corrected chi connectivity index (χ4v) is 3.37. The molecule has 2 amide bonds. The van der Waals surface area contributed by atoms with Gasteiger partial charge in [-0.15, -0.1) is 10.2 Å². The van der Waals surface area contributed by atoms with Gasteiger partial charge in [-0.3, -0.25) is 0 Å². The van der Waals surface area contributed by atoms with Crippen LogP contribution in [0.5, 0.6) is 5.75 Å². The van der Waals surface area contributed by atoms with Crippen LogP contribution >= 0.6 is 0 Å². The van der Waals surface area contributed by atoms with E-state index in [0.29, 0.717) is 26.1 Å². The SMILES string of the molecule is Cc1ccc(OCCNC(=O)NCCc2nnc3n2CCCCC3)c(C)c1. The highest BCUT2D eigenvalue weighted by Crippen LogP contribution is 2.18. The maximum atomic E-state index is 11.9. The van der Waals surface area contributed by atoms with Crippen LogP contribution in [-0.2, 0) is 19.4 Å². The zero-order chi connectivity index (χ0) is 19.1. The first-order chi connectivity index (χ1) is 13.1. The molecule has 0 bridgehead atoms. The minimum Gasteiger partial charge on any atom is -0.491 e. The van der Waals surface area contributed by atoms with E-state index in [9.17, 15) is 4.79 Å². The van der Waals surface area contributed by atoms with Crippen LogP contribution in [0.1, 0.15) is 42.0 Å². The zero-order valence-electron chi connectivity index (χ0n) is 16.3.